The summed E-state index contributed by atoms with van der Waals surface area (Å²) in [6.07, 6.45) is 7.19. The molecule has 0 saturated carbocycles. The predicted molar refractivity (Wildman–Crippen MR) is 72.0 cm³/mol. The first kappa shape index (κ1) is 14.2. The van der Waals surface area contributed by atoms with Crippen molar-refractivity contribution in [2.24, 2.45) is 5.73 Å². The van der Waals surface area contributed by atoms with Gasteiger partial charge in [0.1, 0.15) is 0 Å². The minimum atomic E-state index is 0.635. The number of unbranched alkanes of at least 4 members (excludes halogenated alkanes) is 1. The Hall–Kier alpha value is -0.870. The molecule has 4 heteroatoms. The third kappa shape index (κ3) is 4.88. The molecule has 0 aliphatic heterocycles. The van der Waals surface area contributed by atoms with Gasteiger partial charge < -0.3 is 15.2 Å². The lowest BCUT2D eigenvalue weighted by atomic mass is 10.2. The number of imidazole rings is 1. The third-order valence-corrected chi connectivity index (χ3v) is 3.24. The summed E-state index contributed by atoms with van der Waals surface area (Å²) in [5.74, 6) is 0. The zero-order chi connectivity index (χ0) is 12.7. The monoisotopic (exact) mass is 238 g/mol. The van der Waals surface area contributed by atoms with Crippen LogP contribution in [0.3, 0.4) is 0 Å². The molecule has 1 heterocycles. The highest BCUT2D eigenvalue weighted by Gasteiger charge is 2.03. The lowest BCUT2D eigenvalue weighted by Crippen LogP contribution is -2.27. The third-order valence-electron chi connectivity index (χ3n) is 3.24. The number of aromatic nitrogens is 2. The van der Waals surface area contributed by atoms with Crippen LogP contribution in [0.2, 0.25) is 0 Å². The van der Waals surface area contributed by atoms with Gasteiger partial charge in [0.05, 0.1) is 6.33 Å². The Labute approximate surface area is 105 Å². The van der Waals surface area contributed by atoms with Crippen LogP contribution in [0.1, 0.15) is 32.4 Å². The molecule has 98 valence electrons. The highest BCUT2D eigenvalue weighted by atomic mass is 15.1. The van der Waals surface area contributed by atoms with E-state index in [9.17, 15) is 0 Å². The molecule has 0 aromatic carbocycles. The number of hydrogen-bond donors (Lipinski definition) is 1. The molecule has 0 atom stereocenters. The van der Waals surface area contributed by atoms with Gasteiger partial charge in [-0.05, 0) is 46.8 Å². The zero-order valence-corrected chi connectivity index (χ0v) is 11.4. The quantitative estimate of drug-likeness (QED) is 0.698. The van der Waals surface area contributed by atoms with E-state index in [1.807, 2.05) is 12.5 Å². The van der Waals surface area contributed by atoms with Gasteiger partial charge in [0.2, 0.25) is 0 Å². The van der Waals surface area contributed by atoms with Crippen LogP contribution < -0.4 is 5.73 Å². The fraction of sp³-hybridized carbons (Fsp3) is 0.769. The molecule has 0 unspecified atom stereocenters. The van der Waals surface area contributed by atoms with E-state index >= 15 is 0 Å². The van der Waals surface area contributed by atoms with E-state index in [4.69, 9.17) is 5.73 Å². The topological polar surface area (TPSA) is 47.1 Å². The second-order valence-electron chi connectivity index (χ2n) is 4.90. The van der Waals surface area contributed by atoms with Crippen LogP contribution in [-0.2, 0) is 13.0 Å². The Balaban J connectivity index is 2.24. The Morgan fingerprint density at radius 3 is 2.82 bits per heavy atom. The van der Waals surface area contributed by atoms with Crippen molar-refractivity contribution >= 4 is 0 Å². The van der Waals surface area contributed by atoms with Gasteiger partial charge in [-0.2, -0.15) is 0 Å². The minimum absolute atomic E-state index is 0.635. The summed E-state index contributed by atoms with van der Waals surface area (Å²) in [4.78, 5) is 6.56. The molecule has 0 amide bonds. The first-order chi connectivity index (χ1) is 8.15. The van der Waals surface area contributed by atoms with E-state index in [2.05, 4.69) is 35.3 Å². The molecule has 1 rings (SSSR count). The predicted octanol–water partition coefficient (Wildman–Crippen LogP) is 1.50. The van der Waals surface area contributed by atoms with Crippen LogP contribution >= 0.6 is 0 Å². The standard InChI is InChI=1S/C13H26N4/c1-12(2)16(3)8-4-5-9-17-11-15-10-13(17)6-7-14/h10-12H,4-9,14H2,1-3H3. The van der Waals surface area contributed by atoms with Gasteiger partial charge in [0.15, 0.2) is 0 Å². The van der Waals surface area contributed by atoms with Crippen molar-refractivity contribution < 1.29 is 0 Å². The molecular formula is C13H26N4. The molecule has 4 nitrogen and oxygen atoms in total. The van der Waals surface area contributed by atoms with Crippen LogP contribution in [0, 0.1) is 0 Å². The fourth-order valence-electron chi connectivity index (χ4n) is 1.81. The van der Waals surface area contributed by atoms with Gasteiger partial charge in [-0.3, -0.25) is 0 Å². The first-order valence-corrected chi connectivity index (χ1v) is 6.54. The minimum Gasteiger partial charge on any atom is -0.335 e. The van der Waals surface area contributed by atoms with Gasteiger partial charge in [0.25, 0.3) is 0 Å². The summed E-state index contributed by atoms with van der Waals surface area (Å²) in [7, 11) is 2.18. The average molecular weight is 238 g/mol. The summed E-state index contributed by atoms with van der Waals surface area (Å²) < 4.78 is 2.22. The van der Waals surface area contributed by atoms with Crippen molar-refractivity contribution in [2.75, 3.05) is 20.1 Å². The normalized spacial score (nSPS) is 11.6. The lowest BCUT2D eigenvalue weighted by Gasteiger charge is -2.20. The molecule has 0 fully saturated rings. The number of nitrogens with two attached hydrogens (primary N) is 1. The van der Waals surface area contributed by atoms with Gasteiger partial charge in [-0.25, -0.2) is 4.98 Å². The van der Waals surface area contributed by atoms with Crippen molar-refractivity contribution in [3.8, 4) is 0 Å². The number of nitrogens with zero attached hydrogens (tertiary/aromatic N) is 3. The van der Waals surface area contributed by atoms with Crippen molar-refractivity contribution in [1.82, 2.24) is 14.5 Å². The van der Waals surface area contributed by atoms with E-state index < -0.39 is 0 Å². The van der Waals surface area contributed by atoms with Gasteiger partial charge in [-0.15, -0.1) is 0 Å². The second-order valence-corrected chi connectivity index (χ2v) is 4.90. The van der Waals surface area contributed by atoms with E-state index in [1.54, 1.807) is 0 Å². The maximum absolute atomic E-state index is 5.57. The molecule has 0 spiro atoms. The van der Waals surface area contributed by atoms with Crippen LogP contribution in [0.5, 0.6) is 0 Å². The molecule has 0 radical (unpaired) electrons. The number of rotatable bonds is 8. The van der Waals surface area contributed by atoms with Gasteiger partial charge in [0, 0.05) is 30.9 Å². The highest BCUT2D eigenvalue weighted by molar-refractivity contribution is 4.98. The van der Waals surface area contributed by atoms with Gasteiger partial charge >= 0.3 is 0 Å². The average Bonchev–Trinajstić information content (AvgIpc) is 2.72. The van der Waals surface area contributed by atoms with E-state index in [0.29, 0.717) is 12.6 Å². The fourth-order valence-corrected chi connectivity index (χ4v) is 1.81. The molecule has 0 aliphatic rings. The number of hydrogen-bond acceptors (Lipinski definition) is 3. The summed E-state index contributed by atoms with van der Waals surface area (Å²) in [6.45, 7) is 7.38. The van der Waals surface area contributed by atoms with Crippen molar-refractivity contribution in [3.05, 3.63) is 18.2 Å². The summed E-state index contributed by atoms with van der Waals surface area (Å²) in [5.41, 5.74) is 6.82. The van der Waals surface area contributed by atoms with Crippen molar-refractivity contribution in [3.63, 3.8) is 0 Å². The Bertz CT molecular complexity index is 306. The molecule has 0 aliphatic carbocycles. The van der Waals surface area contributed by atoms with Crippen molar-refractivity contribution in [1.29, 1.82) is 0 Å². The molecule has 1 aromatic rings. The van der Waals surface area contributed by atoms with Crippen LogP contribution in [0.15, 0.2) is 12.5 Å². The zero-order valence-electron chi connectivity index (χ0n) is 11.4. The van der Waals surface area contributed by atoms with Gasteiger partial charge in [-0.1, -0.05) is 0 Å². The largest absolute Gasteiger partial charge is 0.335 e. The summed E-state index contributed by atoms with van der Waals surface area (Å²) in [5, 5.41) is 0. The Kier molecular flexibility index (Phi) is 6.22. The van der Waals surface area contributed by atoms with E-state index in [-0.39, 0.29) is 0 Å². The molecule has 0 bridgehead atoms. The smallest absolute Gasteiger partial charge is 0.0948 e. The van der Waals surface area contributed by atoms with Crippen LogP contribution in [0.4, 0.5) is 0 Å². The molecule has 2 N–H and O–H groups in total. The van der Waals surface area contributed by atoms with E-state index in [1.165, 1.54) is 25.1 Å². The Morgan fingerprint density at radius 1 is 1.41 bits per heavy atom. The Morgan fingerprint density at radius 2 is 2.18 bits per heavy atom. The maximum Gasteiger partial charge on any atom is 0.0948 e. The molecule has 17 heavy (non-hydrogen) atoms. The second kappa shape index (κ2) is 7.45. The summed E-state index contributed by atoms with van der Waals surface area (Å²) >= 11 is 0. The lowest BCUT2D eigenvalue weighted by molar-refractivity contribution is 0.266. The summed E-state index contributed by atoms with van der Waals surface area (Å²) in [6, 6.07) is 0.635. The molecule has 1 aromatic heterocycles. The number of aryl methyl sites for hydroxylation is 1. The van der Waals surface area contributed by atoms with Crippen LogP contribution in [0.25, 0.3) is 0 Å². The highest BCUT2D eigenvalue weighted by Crippen LogP contribution is 2.04. The molecule has 0 saturated heterocycles. The SMILES string of the molecule is CC(C)N(C)CCCCn1cncc1CCN. The first-order valence-electron chi connectivity index (χ1n) is 6.54. The van der Waals surface area contributed by atoms with Crippen LogP contribution in [-0.4, -0.2) is 40.6 Å². The van der Waals surface area contributed by atoms with E-state index in [0.717, 1.165) is 13.0 Å². The maximum atomic E-state index is 5.57. The van der Waals surface area contributed by atoms with Crippen molar-refractivity contribution in [2.45, 2.75) is 45.7 Å². The molecular weight excluding hydrogens is 212 g/mol.